The van der Waals surface area contributed by atoms with Crippen molar-refractivity contribution < 1.29 is 14.3 Å². The maximum Gasteiger partial charge on any atom is 0.343 e. The van der Waals surface area contributed by atoms with Crippen LogP contribution in [0.25, 0.3) is 11.4 Å². The lowest BCUT2D eigenvalue weighted by atomic mass is 10.2. The molecule has 0 saturated heterocycles. The van der Waals surface area contributed by atoms with Gasteiger partial charge in [-0.2, -0.15) is 0 Å². The number of nitrogens with zero attached hydrogens (tertiary/aromatic N) is 3. The van der Waals surface area contributed by atoms with Gasteiger partial charge in [0.25, 0.3) is 0 Å². The fourth-order valence-electron chi connectivity index (χ4n) is 2.12. The molecule has 1 aromatic carbocycles. The van der Waals surface area contributed by atoms with Crippen LogP contribution in [0.2, 0.25) is 0 Å². The molecule has 24 heavy (non-hydrogen) atoms. The predicted molar refractivity (Wildman–Crippen MR) is 93.5 cm³/mol. The Balaban J connectivity index is 2.47. The minimum atomic E-state index is -0.415. The largest absolute Gasteiger partial charge is 0.497 e. The summed E-state index contributed by atoms with van der Waals surface area (Å²) >= 11 is 0. The van der Waals surface area contributed by atoms with Gasteiger partial charge in [0.1, 0.15) is 17.1 Å². The molecule has 0 amide bonds. The molecule has 6 heteroatoms. The van der Waals surface area contributed by atoms with Gasteiger partial charge in [-0.05, 0) is 45.0 Å². The number of hydrogen-bond donors (Lipinski definition) is 0. The molecule has 0 spiro atoms. The van der Waals surface area contributed by atoms with Crippen LogP contribution in [0.15, 0.2) is 30.5 Å². The number of esters is 1. The van der Waals surface area contributed by atoms with Gasteiger partial charge in [-0.1, -0.05) is 0 Å². The maximum atomic E-state index is 12.2. The molecule has 0 bridgehead atoms. The molecule has 0 unspecified atom stereocenters. The van der Waals surface area contributed by atoms with Gasteiger partial charge < -0.3 is 14.4 Å². The molecular formula is C18H23N3O3. The average Bonchev–Trinajstić information content (AvgIpc) is 2.60. The number of aromatic nitrogens is 2. The van der Waals surface area contributed by atoms with Crippen LogP contribution in [-0.4, -0.2) is 42.7 Å². The van der Waals surface area contributed by atoms with Crippen molar-refractivity contribution in [3.8, 4) is 17.1 Å². The predicted octanol–water partition coefficient (Wildman–Crippen LogP) is 3.17. The third-order valence-corrected chi connectivity index (χ3v) is 3.72. The van der Waals surface area contributed by atoms with Crippen LogP contribution in [0.4, 0.5) is 5.82 Å². The van der Waals surface area contributed by atoms with E-state index >= 15 is 0 Å². The van der Waals surface area contributed by atoms with E-state index in [2.05, 4.69) is 9.97 Å². The fourth-order valence-corrected chi connectivity index (χ4v) is 2.12. The van der Waals surface area contributed by atoms with E-state index in [1.165, 1.54) is 6.20 Å². The quantitative estimate of drug-likeness (QED) is 0.759. The number of methoxy groups -OCH3 is 1. The van der Waals surface area contributed by atoms with Crippen molar-refractivity contribution in [1.82, 2.24) is 9.97 Å². The zero-order valence-corrected chi connectivity index (χ0v) is 14.7. The molecule has 1 heterocycles. The molecule has 128 valence electrons. The topological polar surface area (TPSA) is 64.5 Å². The Hall–Kier alpha value is -2.63. The van der Waals surface area contributed by atoms with E-state index in [1.807, 2.05) is 50.1 Å². The summed E-state index contributed by atoms with van der Waals surface area (Å²) in [4.78, 5) is 23.0. The van der Waals surface area contributed by atoms with Crippen molar-refractivity contribution in [2.24, 2.45) is 0 Å². The van der Waals surface area contributed by atoms with Crippen molar-refractivity contribution in [3.05, 3.63) is 36.0 Å². The van der Waals surface area contributed by atoms with E-state index in [1.54, 1.807) is 14.0 Å². The third kappa shape index (κ3) is 3.82. The number of rotatable bonds is 6. The summed E-state index contributed by atoms with van der Waals surface area (Å²) in [6, 6.07) is 7.65. The van der Waals surface area contributed by atoms with E-state index in [-0.39, 0.29) is 6.04 Å². The van der Waals surface area contributed by atoms with Crippen LogP contribution < -0.4 is 9.64 Å². The van der Waals surface area contributed by atoms with Crippen LogP contribution in [0.5, 0.6) is 5.75 Å². The number of carbonyl (C=O) groups is 1. The van der Waals surface area contributed by atoms with Gasteiger partial charge in [0.2, 0.25) is 0 Å². The molecule has 2 aromatic rings. The minimum absolute atomic E-state index is 0.178. The molecule has 2 rings (SSSR count). The van der Waals surface area contributed by atoms with E-state index in [9.17, 15) is 4.79 Å². The molecule has 0 N–H and O–H groups in total. The van der Waals surface area contributed by atoms with Crippen molar-refractivity contribution in [2.45, 2.75) is 26.8 Å². The number of ether oxygens (including phenoxy) is 2. The molecule has 0 fully saturated rings. The van der Waals surface area contributed by atoms with Gasteiger partial charge in [-0.15, -0.1) is 0 Å². The van der Waals surface area contributed by atoms with Gasteiger partial charge >= 0.3 is 5.97 Å². The molecule has 1 aromatic heterocycles. The van der Waals surface area contributed by atoms with Gasteiger partial charge in [-0.25, -0.2) is 14.8 Å². The summed E-state index contributed by atoms with van der Waals surface area (Å²) in [7, 11) is 3.52. The van der Waals surface area contributed by atoms with Gasteiger partial charge in [0.15, 0.2) is 5.82 Å². The third-order valence-electron chi connectivity index (χ3n) is 3.72. The van der Waals surface area contributed by atoms with Gasteiger partial charge in [0.05, 0.1) is 13.7 Å². The standard InChI is InChI=1S/C18H23N3O3/c1-6-24-18(22)15-11-19-16(20-17(15)21(4)12(2)3)13-7-9-14(23-5)10-8-13/h7-12H,6H2,1-5H3. The summed E-state index contributed by atoms with van der Waals surface area (Å²) in [5.41, 5.74) is 1.22. The maximum absolute atomic E-state index is 12.2. The zero-order chi connectivity index (χ0) is 17.7. The highest BCUT2D eigenvalue weighted by molar-refractivity contribution is 5.94. The molecule has 0 aliphatic carbocycles. The molecule has 0 saturated carbocycles. The first-order chi connectivity index (χ1) is 11.5. The van der Waals surface area contributed by atoms with E-state index < -0.39 is 5.97 Å². The molecule has 6 nitrogen and oxygen atoms in total. The van der Waals surface area contributed by atoms with E-state index in [0.29, 0.717) is 23.8 Å². The van der Waals surface area contributed by atoms with Crippen LogP contribution in [0.3, 0.4) is 0 Å². The monoisotopic (exact) mass is 329 g/mol. The molecule has 0 aliphatic rings. The Bertz CT molecular complexity index is 699. The lowest BCUT2D eigenvalue weighted by molar-refractivity contribution is 0.0526. The van der Waals surface area contributed by atoms with Crippen molar-refractivity contribution in [2.75, 3.05) is 25.7 Å². The van der Waals surface area contributed by atoms with Crippen molar-refractivity contribution in [1.29, 1.82) is 0 Å². The number of hydrogen-bond acceptors (Lipinski definition) is 6. The average molecular weight is 329 g/mol. The smallest absolute Gasteiger partial charge is 0.343 e. The Morgan fingerprint density at radius 3 is 2.46 bits per heavy atom. The van der Waals surface area contributed by atoms with Crippen LogP contribution >= 0.6 is 0 Å². The fraction of sp³-hybridized carbons (Fsp3) is 0.389. The highest BCUT2D eigenvalue weighted by Crippen LogP contribution is 2.25. The SMILES string of the molecule is CCOC(=O)c1cnc(-c2ccc(OC)cc2)nc1N(C)C(C)C. The Labute approximate surface area is 142 Å². The first-order valence-corrected chi connectivity index (χ1v) is 7.89. The second kappa shape index (κ2) is 7.77. The number of carbonyl (C=O) groups excluding carboxylic acids is 1. The van der Waals surface area contributed by atoms with Crippen LogP contribution in [0.1, 0.15) is 31.1 Å². The second-order valence-corrected chi connectivity index (χ2v) is 5.58. The normalized spacial score (nSPS) is 10.6. The Kier molecular flexibility index (Phi) is 5.73. The summed E-state index contributed by atoms with van der Waals surface area (Å²) in [6.07, 6.45) is 1.53. The van der Waals surface area contributed by atoms with Crippen molar-refractivity contribution >= 4 is 11.8 Å². The summed E-state index contributed by atoms with van der Waals surface area (Å²) in [6.45, 7) is 6.15. The summed E-state index contributed by atoms with van der Waals surface area (Å²) in [5.74, 6) is 1.46. The van der Waals surface area contributed by atoms with Crippen molar-refractivity contribution in [3.63, 3.8) is 0 Å². The van der Waals surface area contributed by atoms with Gasteiger partial charge in [-0.3, -0.25) is 0 Å². The lowest BCUT2D eigenvalue weighted by Gasteiger charge is -2.24. The Morgan fingerprint density at radius 2 is 1.92 bits per heavy atom. The minimum Gasteiger partial charge on any atom is -0.497 e. The summed E-state index contributed by atoms with van der Waals surface area (Å²) in [5, 5.41) is 0. The second-order valence-electron chi connectivity index (χ2n) is 5.58. The molecule has 0 aliphatic heterocycles. The van der Waals surface area contributed by atoms with Gasteiger partial charge in [0, 0.05) is 24.8 Å². The first-order valence-electron chi connectivity index (χ1n) is 7.89. The Morgan fingerprint density at radius 1 is 1.25 bits per heavy atom. The van der Waals surface area contributed by atoms with Crippen LogP contribution in [0, 0.1) is 0 Å². The summed E-state index contributed by atoms with van der Waals surface area (Å²) < 4.78 is 10.3. The number of benzene rings is 1. The first kappa shape index (κ1) is 17.7. The zero-order valence-electron chi connectivity index (χ0n) is 14.7. The van der Waals surface area contributed by atoms with Crippen LogP contribution in [-0.2, 0) is 4.74 Å². The highest BCUT2D eigenvalue weighted by atomic mass is 16.5. The molecular weight excluding hydrogens is 306 g/mol. The molecule has 0 radical (unpaired) electrons. The molecule has 0 atom stereocenters. The van der Waals surface area contributed by atoms with E-state index in [4.69, 9.17) is 9.47 Å². The number of anilines is 1. The highest BCUT2D eigenvalue weighted by Gasteiger charge is 2.20. The van der Waals surface area contributed by atoms with E-state index in [0.717, 1.165) is 11.3 Å². The lowest BCUT2D eigenvalue weighted by Crippen LogP contribution is -2.29.